The van der Waals surface area contributed by atoms with Gasteiger partial charge in [0.1, 0.15) is 0 Å². The molecule has 0 bridgehead atoms. The smallest absolute Gasteiger partial charge is 0.237 e. The molecular formula is C25H38N2O. The largest absolute Gasteiger partial charge is 0.334 e. The van der Waals surface area contributed by atoms with Crippen LogP contribution in [0.1, 0.15) is 87.8 Å². The van der Waals surface area contributed by atoms with Crippen LogP contribution in [0.2, 0.25) is 0 Å². The van der Waals surface area contributed by atoms with Gasteiger partial charge in [-0.1, -0.05) is 69.2 Å². The number of nitrogens with zero attached hydrogens (tertiary/aromatic N) is 1. The molecule has 1 N–H and O–H groups in total. The van der Waals surface area contributed by atoms with Gasteiger partial charge in [-0.05, 0) is 61.6 Å². The first kappa shape index (κ1) is 19.9. The van der Waals surface area contributed by atoms with E-state index < -0.39 is 0 Å². The molecule has 154 valence electrons. The number of benzene rings is 1. The van der Waals surface area contributed by atoms with Gasteiger partial charge in [0.25, 0.3) is 0 Å². The maximum atomic E-state index is 13.2. The molecule has 1 aromatic carbocycles. The zero-order valence-electron chi connectivity index (χ0n) is 17.5. The van der Waals surface area contributed by atoms with Crippen LogP contribution in [0.25, 0.3) is 0 Å². The topological polar surface area (TPSA) is 32.3 Å². The molecule has 1 aliphatic heterocycles. The summed E-state index contributed by atoms with van der Waals surface area (Å²) in [4.78, 5) is 15.5. The average Bonchev–Trinajstić information content (AvgIpc) is 3.02. The zero-order valence-corrected chi connectivity index (χ0v) is 17.5. The van der Waals surface area contributed by atoms with Gasteiger partial charge < -0.3 is 10.2 Å². The molecule has 2 saturated carbocycles. The summed E-state index contributed by atoms with van der Waals surface area (Å²) in [6.45, 7) is 2.42. The third-order valence-corrected chi connectivity index (χ3v) is 7.43. The lowest BCUT2D eigenvalue weighted by Crippen LogP contribution is -2.47. The summed E-state index contributed by atoms with van der Waals surface area (Å²) in [5, 5.41) is 3.54. The van der Waals surface area contributed by atoms with Crippen molar-refractivity contribution in [2.24, 2.45) is 11.8 Å². The minimum atomic E-state index is 0.303. The fraction of sp³-hybridized carbons (Fsp3) is 0.720. The van der Waals surface area contributed by atoms with E-state index in [0.29, 0.717) is 24.4 Å². The van der Waals surface area contributed by atoms with Crippen LogP contribution in [0.4, 0.5) is 0 Å². The first-order valence-corrected chi connectivity index (χ1v) is 11.9. The molecule has 0 aromatic heterocycles. The highest BCUT2D eigenvalue weighted by Crippen LogP contribution is 2.41. The number of fused-ring (bicyclic) bond motifs is 1. The van der Waals surface area contributed by atoms with E-state index in [1.807, 2.05) is 0 Å². The van der Waals surface area contributed by atoms with Crippen molar-refractivity contribution in [2.75, 3.05) is 19.6 Å². The number of hydrogen-bond donors (Lipinski definition) is 1. The van der Waals surface area contributed by atoms with Crippen molar-refractivity contribution in [1.82, 2.24) is 10.2 Å². The molecule has 1 heterocycles. The molecule has 2 aliphatic carbocycles. The van der Waals surface area contributed by atoms with E-state index in [1.54, 1.807) is 0 Å². The van der Waals surface area contributed by atoms with Gasteiger partial charge in [0.15, 0.2) is 0 Å². The first-order valence-electron chi connectivity index (χ1n) is 11.9. The van der Waals surface area contributed by atoms with Crippen molar-refractivity contribution in [3.63, 3.8) is 0 Å². The zero-order chi connectivity index (χ0) is 19.2. The Kier molecular flexibility index (Phi) is 7.06. The van der Waals surface area contributed by atoms with Gasteiger partial charge in [-0.2, -0.15) is 0 Å². The Labute approximate surface area is 171 Å². The van der Waals surface area contributed by atoms with Gasteiger partial charge in [0.05, 0.1) is 12.6 Å². The fourth-order valence-corrected chi connectivity index (χ4v) is 5.89. The minimum absolute atomic E-state index is 0.303. The van der Waals surface area contributed by atoms with E-state index in [1.165, 1.54) is 81.8 Å². The molecule has 1 aromatic rings. The third kappa shape index (κ3) is 4.79. The maximum absolute atomic E-state index is 13.2. The molecule has 0 spiro atoms. The van der Waals surface area contributed by atoms with Crippen molar-refractivity contribution in [3.8, 4) is 0 Å². The molecule has 0 saturated heterocycles. The quantitative estimate of drug-likeness (QED) is 0.705. The average molecular weight is 383 g/mol. The summed E-state index contributed by atoms with van der Waals surface area (Å²) in [7, 11) is 0. The lowest BCUT2D eigenvalue weighted by atomic mass is 9.77. The Morgan fingerprint density at radius 1 is 0.929 bits per heavy atom. The minimum Gasteiger partial charge on any atom is -0.334 e. The van der Waals surface area contributed by atoms with Gasteiger partial charge in [-0.15, -0.1) is 0 Å². The first-order chi connectivity index (χ1) is 13.8. The number of hydrogen-bond acceptors (Lipinski definition) is 2. The van der Waals surface area contributed by atoms with Crippen LogP contribution in [0.3, 0.4) is 0 Å². The van der Waals surface area contributed by atoms with Gasteiger partial charge in [0, 0.05) is 6.54 Å². The molecular weight excluding hydrogens is 344 g/mol. The van der Waals surface area contributed by atoms with Crippen LogP contribution in [0.5, 0.6) is 0 Å². The van der Waals surface area contributed by atoms with Crippen molar-refractivity contribution >= 4 is 5.91 Å². The Bertz CT molecular complexity index is 629. The van der Waals surface area contributed by atoms with E-state index >= 15 is 0 Å². The van der Waals surface area contributed by atoms with Crippen LogP contribution in [-0.4, -0.2) is 30.4 Å². The number of nitrogens with one attached hydrogen (secondary N) is 1. The molecule has 2 fully saturated rings. The van der Waals surface area contributed by atoms with Gasteiger partial charge in [0.2, 0.25) is 5.91 Å². The summed E-state index contributed by atoms with van der Waals surface area (Å²) in [6, 6.07) is 9.18. The normalized spacial score (nSPS) is 24.6. The molecule has 1 atom stereocenters. The molecule has 1 amide bonds. The molecule has 0 radical (unpaired) electrons. The predicted molar refractivity (Wildman–Crippen MR) is 115 cm³/mol. The summed E-state index contributed by atoms with van der Waals surface area (Å²) in [5.74, 6) is 1.73. The highest BCUT2D eigenvalue weighted by molar-refractivity contribution is 5.79. The van der Waals surface area contributed by atoms with Crippen LogP contribution in [0, 0.1) is 11.8 Å². The summed E-state index contributed by atoms with van der Waals surface area (Å²) >= 11 is 0. The van der Waals surface area contributed by atoms with E-state index in [0.717, 1.165) is 25.4 Å². The maximum Gasteiger partial charge on any atom is 0.237 e. The van der Waals surface area contributed by atoms with E-state index in [4.69, 9.17) is 0 Å². The molecule has 3 aliphatic rings. The van der Waals surface area contributed by atoms with Crippen molar-refractivity contribution in [1.29, 1.82) is 0 Å². The summed E-state index contributed by atoms with van der Waals surface area (Å²) in [6.07, 6.45) is 15.8. The van der Waals surface area contributed by atoms with Gasteiger partial charge in [-0.25, -0.2) is 0 Å². The Morgan fingerprint density at radius 2 is 1.61 bits per heavy atom. The van der Waals surface area contributed by atoms with Crippen molar-refractivity contribution in [2.45, 2.75) is 83.1 Å². The van der Waals surface area contributed by atoms with E-state index in [-0.39, 0.29) is 0 Å². The predicted octanol–water partition coefficient (Wildman–Crippen LogP) is 5.25. The van der Waals surface area contributed by atoms with Crippen LogP contribution in [-0.2, 0) is 11.2 Å². The molecule has 28 heavy (non-hydrogen) atoms. The number of rotatable bonds is 5. The van der Waals surface area contributed by atoms with Crippen LogP contribution >= 0.6 is 0 Å². The summed E-state index contributed by atoms with van der Waals surface area (Å²) in [5.41, 5.74) is 2.89. The molecule has 4 rings (SSSR count). The van der Waals surface area contributed by atoms with Crippen LogP contribution in [0.15, 0.2) is 24.3 Å². The highest BCUT2D eigenvalue weighted by Gasteiger charge is 2.36. The van der Waals surface area contributed by atoms with Gasteiger partial charge >= 0.3 is 0 Å². The van der Waals surface area contributed by atoms with Gasteiger partial charge in [-0.3, -0.25) is 4.79 Å². The van der Waals surface area contributed by atoms with E-state index in [2.05, 4.69) is 34.5 Å². The molecule has 3 heteroatoms. The Morgan fingerprint density at radius 3 is 2.39 bits per heavy atom. The lowest BCUT2D eigenvalue weighted by Gasteiger charge is -2.43. The molecule has 3 nitrogen and oxygen atoms in total. The number of amides is 1. The fourth-order valence-electron chi connectivity index (χ4n) is 5.89. The van der Waals surface area contributed by atoms with E-state index in [9.17, 15) is 4.79 Å². The molecule has 1 unspecified atom stereocenters. The van der Waals surface area contributed by atoms with Crippen molar-refractivity contribution in [3.05, 3.63) is 35.4 Å². The Hall–Kier alpha value is -1.35. The van der Waals surface area contributed by atoms with Crippen molar-refractivity contribution < 1.29 is 4.79 Å². The lowest BCUT2D eigenvalue weighted by molar-refractivity contribution is -0.134. The SMILES string of the molecule is O=C(CNCC1CCCCCC1)N1CCc2ccccc2C1C1CCCCC1. The second kappa shape index (κ2) is 9.91. The Balaban J connectivity index is 1.40. The number of carbonyl (C=O) groups is 1. The third-order valence-electron chi connectivity index (χ3n) is 7.43. The second-order valence-corrected chi connectivity index (χ2v) is 9.37. The monoisotopic (exact) mass is 382 g/mol. The standard InChI is InChI=1S/C25H38N2O/c28-24(19-26-18-20-10-4-1-2-5-11-20)27-17-16-21-12-8-9-15-23(21)25(27)22-13-6-3-7-14-22/h8-9,12,15,20,22,25-26H,1-7,10-11,13-14,16-19H2. The number of carbonyl (C=O) groups excluding carboxylic acids is 1. The summed E-state index contributed by atoms with van der Waals surface area (Å²) < 4.78 is 0. The van der Waals surface area contributed by atoms with Crippen LogP contribution < -0.4 is 5.32 Å². The second-order valence-electron chi connectivity index (χ2n) is 9.37. The highest BCUT2D eigenvalue weighted by atomic mass is 16.2.